The predicted octanol–water partition coefficient (Wildman–Crippen LogP) is 2.90. The maximum Gasteiger partial charge on any atom is 0.261 e. The summed E-state index contributed by atoms with van der Waals surface area (Å²) in [6.07, 6.45) is 5.24. The normalized spacial score (nSPS) is 25.8. The molecule has 1 N–H and O–H groups in total. The fourth-order valence-corrected chi connectivity index (χ4v) is 4.26. The molecule has 0 spiro atoms. The van der Waals surface area contributed by atoms with E-state index in [-0.39, 0.29) is 17.5 Å². The van der Waals surface area contributed by atoms with Crippen molar-refractivity contribution in [3.05, 3.63) is 39.9 Å². The van der Waals surface area contributed by atoms with Crippen LogP contribution in [0.3, 0.4) is 0 Å². The highest BCUT2D eigenvalue weighted by Gasteiger charge is 2.28. The van der Waals surface area contributed by atoms with E-state index < -0.39 is 0 Å². The molecule has 1 amide bonds. The molecule has 1 aliphatic carbocycles. The summed E-state index contributed by atoms with van der Waals surface area (Å²) in [6.45, 7) is 5.23. The van der Waals surface area contributed by atoms with E-state index in [0.717, 1.165) is 31.6 Å². The highest BCUT2D eigenvalue weighted by atomic mass is 16.1. The molecule has 5 heteroatoms. The van der Waals surface area contributed by atoms with Crippen LogP contribution in [0.1, 0.15) is 55.7 Å². The lowest BCUT2D eigenvalue weighted by Crippen LogP contribution is -2.43. The van der Waals surface area contributed by atoms with Crippen molar-refractivity contribution in [1.29, 1.82) is 0 Å². The SMILES string of the molecule is C[C@@H]1[C@H](C)CCC[C@H]1NC(=O)c1ccc2c(=O)n3c(nc2c1)CCC3. The summed E-state index contributed by atoms with van der Waals surface area (Å²) in [7, 11) is 0. The van der Waals surface area contributed by atoms with Crippen LogP contribution in [0.15, 0.2) is 23.0 Å². The van der Waals surface area contributed by atoms with Crippen molar-refractivity contribution in [1.82, 2.24) is 14.9 Å². The Bertz CT molecular complexity index is 886. The molecule has 5 nitrogen and oxygen atoms in total. The minimum atomic E-state index is -0.0600. The Morgan fingerprint density at radius 1 is 1.24 bits per heavy atom. The molecule has 25 heavy (non-hydrogen) atoms. The second-order valence-electron chi connectivity index (χ2n) is 7.67. The zero-order valence-electron chi connectivity index (χ0n) is 14.9. The van der Waals surface area contributed by atoms with Crippen LogP contribution in [0.5, 0.6) is 0 Å². The van der Waals surface area contributed by atoms with Gasteiger partial charge in [-0.05, 0) is 42.9 Å². The van der Waals surface area contributed by atoms with E-state index in [2.05, 4.69) is 24.1 Å². The second-order valence-corrected chi connectivity index (χ2v) is 7.67. The Balaban J connectivity index is 1.62. The lowest BCUT2D eigenvalue weighted by atomic mass is 9.78. The van der Waals surface area contributed by atoms with E-state index in [1.54, 1.807) is 22.8 Å². The summed E-state index contributed by atoms with van der Waals surface area (Å²) in [5, 5.41) is 3.80. The van der Waals surface area contributed by atoms with Gasteiger partial charge in [0.15, 0.2) is 0 Å². The first-order valence-corrected chi connectivity index (χ1v) is 9.39. The lowest BCUT2D eigenvalue weighted by molar-refractivity contribution is 0.0891. The van der Waals surface area contributed by atoms with Crippen LogP contribution >= 0.6 is 0 Å². The first-order chi connectivity index (χ1) is 12.0. The molecule has 2 aliphatic rings. The molecule has 0 bridgehead atoms. The summed E-state index contributed by atoms with van der Waals surface area (Å²) < 4.78 is 1.76. The largest absolute Gasteiger partial charge is 0.349 e. The number of hydrogen-bond donors (Lipinski definition) is 1. The highest BCUT2D eigenvalue weighted by molar-refractivity contribution is 5.97. The van der Waals surface area contributed by atoms with Gasteiger partial charge in [0.05, 0.1) is 10.9 Å². The zero-order valence-corrected chi connectivity index (χ0v) is 14.9. The Morgan fingerprint density at radius 2 is 2.08 bits per heavy atom. The number of hydrogen-bond acceptors (Lipinski definition) is 3. The molecule has 1 fully saturated rings. The van der Waals surface area contributed by atoms with Crippen LogP contribution in [0.25, 0.3) is 10.9 Å². The minimum Gasteiger partial charge on any atom is -0.349 e. The number of carbonyl (C=O) groups excluding carboxylic acids is 1. The molecule has 4 rings (SSSR count). The highest BCUT2D eigenvalue weighted by Crippen LogP contribution is 2.29. The number of rotatable bonds is 2. The third-order valence-corrected chi connectivity index (χ3v) is 6.10. The van der Waals surface area contributed by atoms with Gasteiger partial charge in [0.1, 0.15) is 5.82 Å². The third kappa shape index (κ3) is 2.86. The van der Waals surface area contributed by atoms with Crippen LogP contribution < -0.4 is 10.9 Å². The quantitative estimate of drug-likeness (QED) is 0.915. The molecule has 2 heterocycles. The van der Waals surface area contributed by atoms with E-state index in [1.807, 2.05) is 0 Å². The number of fused-ring (bicyclic) bond motifs is 2. The molecule has 2 aromatic rings. The molecule has 132 valence electrons. The fourth-order valence-electron chi connectivity index (χ4n) is 4.26. The smallest absolute Gasteiger partial charge is 0.261 e. The van der Waals surface area contributed by atoms with Crippen LogP contribution in [-0.2, 0) is 13.0 Å². The van der Waals surface area contributed by atoms with Crippen LogP contribution in [0.2, 0.25) is 0 Å². The molecule has 0 unspecified atom stereocenters. The Labute approximate surface area is 147 Å². The van der Waals surface area contributed by atoms with Gasteiger partial charge in [-0.2, -0.15) is 0 Å². The Morgan fingerprint density at radius 3 is 2.92 bits per heavy atom. The van der Waals surface area contributed by atoms with Crippen LogP contribution in [0.4, 0.5) is 0 Å². The van der Waals surface area contributed by atoms with E-state index in [9.17, 15) is 9.59 Å². The van der Waals surface area contributed by atoms with E-state index in [1.165, 1.54) is 12.8 Å². The summed E-state index contributed by atoms with van der Waals surface area (Å²) in [5.41, 5.74) is 1.24. The standard InChI is InChI=1S/C20H25N3O2/c1-12-5-3-6-16(13(12)2)22-19(24)14-8-9-15-17(11-14)21-18-7-4-10-23(18)20(15)25/h8-9,11-13,16H,3-7,10H2,1-2H3,(H,22,24)/t12-,13-,16-/m1/s1. The second kappa shape index (κ2) is 6.28. The molecule has 1 aromatic carbocycles. The van der Waals surface area contributed by atoms with Crippen LogP contribution in [0, 0.1) is 11.8 Å². The summed E-state index contributed by atoms with van der Waals surface area (Å²) >= 11 is 0. The van der Waals surface area contributed by atoms with Crippen molar-refractivity contribution in [2.24, 2.45) is 11.8 Å². The summed E-state index contributed by atoms with van der Waals surface area (Å²) in [4.78, 5) is 29.8. The number of aromatic nitrogens is 2. The van der Waals surface area contributed by atoms with Crippen molar-refractivity contribution >= 4 is 16.8 Å². The Hall–Kier alpha value is -2.17. The van der Waals surface area contributed by atoms with E-state index in [4.69, 9.17) is 0 Å². The summed E-state index contributed by atoms with van der Waals surface area (Å²) in [5.74, 6) is 1.91. The number of benzene rings is 1. The molecule has 1 saturated carbocycles. The van der Waals surface area contributed by atoms with Gasteiger partial charge < -0.3 is 5.32 Å². The zero-order chi connectivity index (χ0) is 17.6. The van der Waals surface area contributed by atoms with Gasteiger partial charge >= 0.3 is 0 Å². The van der Waals surface area contributed by atoms with Crippen molar-refractivity contribution in [3.8, 4) is 0 Å². The Kier molecular flexibility index (Phi) is 4.10. The number of carbonyl (C=O) groups is 1. The van der Waals surface area contributed by atoms with Gasteiger partial charge in [0.2, 0.25) is 0 Å². The third-order valence-electron chi connectivity index (χ3n) is 6.10. The van der Waals surface area contributed by atoms with Crippen molar-refractivity contribution in [2.75, 3.05) is 0 Å². The summed E-state index contributed by atoms with van der Waals surface area (Å²) in [6, 6.07) is 5.49. The van der Waals surface area contributed by atoms with Crippen molar-refractivity contribution in [2.45, 2.75) is 58.5 Å². The number of nitrogens with zero attached hydrogens (tertiary/aromatic N) is 2. The maximum atomic E-state index is 12.7. The lowest BCUT2D eigenvalue weighted by Gasteiger charge is -2.34. The van der Waals surface area contributed by atoms with Gasteiger partial charge in [-0.25, -0.2) is 4.98 Å². The van der Waals surface area contributed by atoms with Crippen molar-refractivity contribution in [3.63, 3.8) is 0 Å². The van der Waals surface area contributed by atoms with Crippen LogP contribution in [-0.4, -0.2) is 21.5 Å². The van der Waals surface area contributed by atoms with Gasteiger partial charge in [-0.3, -0.25) is 14.2 Å². The van der Waals surface area contributed by atoms with E-state index >= 15 is 0 Å². The monoisotopic (exact) mass is 339 g/mol. The minimum absolute atomic E-state index is 0.0131. The van der Waals surface area contributed by atoms with E-state index in [0.29, 0.717) is 28.3 Å². The molecule has 1 aliphatic heterocycles. The molecular weight excluding hydrogens is 314 g/mol. The fraction of sp³-hybridized carbons (Fsp3) is 0.550. The van der Waals surface area contributed by atoms with Gasteiger partial charge in [0, 0.05) is 24.6 Å². The molecule has 1 aromatic heterocycles. The number of nitrogens with one attached hydrogen (secondary N) is 1. The predicted molar refractivity (Wildman–Crippen MR) is 97.8 cm³/mol. The van der Waals surface area contributed by atoms with Gasteiger partial charge in [-0.1, -0.05) is 26.7 Å². The number of amides is 1. The molecule has 0 radical (unpaired) electrons. The first-order valence-electron chi connectivity index (χ1n) is 9.39. The molecular formula is C20H25N3O2. The maximum absolute atomic E-state index is 12.7. The molecule has 0 saturated heterocycles. The van der Waals surface area contributed by atoms with Gasteiger partial charge in [0.25, 0.3) is 11.5 Å². The number of aryl methyl sites for hydroxylation is 1. The average Bonchev–Trinajstić information content (AvgIpc) is 3.07. The van der Waals surface area contributed by atoms with Crippen molar-refractivity contribution < 1.29 is 4.79 Å². The molecule has 3 atom stereocenters. The van der Waals surface area contributed by atoms with Gasteiger partial charge in [-0.15, -0.1) is 0 Å². The first kappa shape index (κ1) is 16.3. The average molecular weight is 339 g/mol. The topological polar surface area (TPSA) is 64.0 Å².